The van der Waals surface area contributed by atoms with E-state index in [4.69, 9.17) is 0 Å². The fraction of sp³-hybridized carbons (Fsp3) is 0.533. The zero-order valence-corrected chi connectivity index (χ0v) is 13.6. The monoisotopic (exact) mass is 328 g/mol. The van der Waals surface area contributed by atoms with Gasteiger partial charge < -0.3 is 10.2 Å². The molecule has 0 aliphatic carbocycles. The fourth-order valence-corrected chi connectivity index (χ4v) is 4.45. The van der Waals surface area contributed by atoms with Gasteiger partial charge in [0.2, 0.25) is 5.91 Å². The number of halogens is 1. The molecule has 0 saturated carbocycles. The number of hydrogen-bond donors (Lipinski definition) is 1. The molecule has 1 atom stereocenters. The summed E-state index contributed by atoms with van der Waals surface area (Å²) in [7, 11) is 0.558. The smallest absolute Gasteiger partial charge is 0.220 e. The van der Waals surface area contributed by atoms with E-state index in [0.717, 1.165) is 0 Å². The Morgan fingerprint density at radius 2 is 2.14 bits per heavy atom. The molecule has 5 nitrogen and oxygen atoms in total. The molecule has 2 rings (SSSR count). The highest BCUT2D eigenvalue weighted by Crippen LogP contribution is 2.21. The zero-order chi connectivity index (χ0) is 16.3. The van der Waals surface area contributed by atoms with Crippen LogP contribution in [0, 0.1) is 11.7 Å². The van der Waals surface area contributed by atoms with E-state index in [1.54, 1.807) is 31.1 Å². The molecule has 0 bridgehead atoms. The summed E-state index contributed by atoms with van der Waals surface area (Å²) in [5.74, 6) is -0.370. The number of carbonyl (C=O) groups is 1. The second-order valence-corrected chi connectivity index (χ2v) is 8.16. The van der Waals surface area contributed by atoms with E-state index in [1.165, 1.54) is 6.07 Å². The molecule has 0 aromatic heterocycles. The lowest BCUT2D eigenvalue weighted by atomic mass is 10.0. The molecule has 1 heterocycles. The van der Waals surface area contributed by atoms with Crippen LogP contribution in [0.3, 0.4) is 0 Å². The third kappa shape index (κ3) is 4.43. The highest BCUT2D eigenvalue weighted by Gasteiger charge is 2.29. The lowest BCUT2D eigenvalue weighted by Crippen LogP contribution is -2.25. The lowest BCUT2D eigenvalue weighted by Gasteiger charge is -2.14. The highest BCUT2D eigenvalue weighted by atomic mass is 32.2. The van der Waals surface area contributed by atoms with Crippen molar-refractivity contribution in [3.8, 4) is 0 Å². The Balaban J connectivity index is 1.85. The van der Waals surface area contributed by atoms with E-state index in [1.807, 2.05) is 0 Å². The van der Waals surface area contributed by atoms with E-state index < -0.39 is 9.84 Å². The number of carbonyl (C=O) groups excluding carboxylic acids is 1. The van der Waals surface area contributed by atoms with Crippen molar-refractivity contribution in [2.45, 2.75) is 19.4 Å². The van der Waals surface area contributed by atoms with E-state index in [2.05, 4.69) is 5.32 Å². The van der Waals surface area contributed by atoms with Gasteiger partial charge in [-0.25, -0.2) is 12.8 Å². The molecule has 1 aliphatic heterocycles. The van der Waals surface area contributed by atoms with Gasteiger partial charge in [0.1, 0.15) is 5.82 Å². The number of nitrogens with zero attached hydrogens (tertiary/aromatic N) is 1. The molecule has 1 N–H and O–H groups in total. The van der Waals surface area contributed by atoms with Gasteiger partial charge in [-0.3, -0.25) is 4.79 Å². The molecule has 1 aromatic carbocycles. The standard InChI is InChI=1S/C15H21FN2O3S/c1-18(2)14-4-3-11(7-13(14)16)9-17-15(19)8-12-5-6-22(20,21)10-12/h3-4,7,12H,5-6,8-10H2,1-2H3,(H,17,19)/t12-/m1/s1. The van der Waals surface area contributed by atoms with E-state index in [9.17, 15) is 17.6 Å². The van der Waals surface area contributed by atoms with Crippen molar-refractivity contribution < 1.29 is 17.6 Å². The second-order valence-electron chi connectivity index (χ2n) is 5.93. The SMILES string of the molecule is CN(C)c1ccc(CNC(=O)C[C@H]2CCS(=O)(=O)C2)cc1F. The average molecular weight is 328 g/mol. The maximum atomic E-state index is 13.8. The Labute approximate surface area is 130 Å². The molecule has 1 fully saturated rings. The minimum atomic E-state index is -2.96. The molecule has 1 aliphatic rings. The van der Waals surface area contributed by atoms with E-state index in [-0.39, 0.29) is 42.1 Å². The van der Waals surface area contributed by atoms with Gasteiger partial charge in [0.05, 0.1) is 17.2 Å². The first-order chi connectivity index (χ1) is 10.3. The molecule has 0 radical (unpaired) electrons. The van der Waals surface area contributed by atoms with Crippen LogP contribution < -0.4 is 10.2 Å². The van der Waals surface area contributed by atoms with Crippen molar-refractivity contribution in [3.63, 3.8) is 0 Å². The van der Waals surface area contributed by atoms with Crippen molar-refractivity contribution in [1.29, 1.82) is 0 Å². The molecule has 122 valence electrons. The molecular formula is C15H21FN2O3S. The molecular weight excluding hydrogens is 307 g/mol. The van der Waals surface area contributed by atoms with Crippen LogP contribution in [0.25, 0.3) is 0 Å². The van der Waals surface area contributed by atoms with Gasteiger partial charge in [0.15, 0.2) is 9.84 Å². The van der Waals surface area contributed by atoms with E-state index >= 15 is 0 Å². The fourth-order valence-electron chi connectivity index (χ4n) is 2.59. The van der Waals surface area contributed by atoms with Crippen molar-refractivity contribution in [2.75, 3.05) is 30.5 Å². The third-order valence-corrected chi connectivity index (χ3v) is 5.62. The number of nitrogens with one attached hydrogen (secondary N) is 1. The van der Waals surface area contributed by atoms with Crippen molar-refractivity contribution >= 4 is 21.4 Å². The van der Waals surface area contributed by atoms with Crippen LogP contribution in [-0.2, 0) is 21.2 Å². The molecule has 0 unspecified atom stereocenters. The molecule has 7 heteroatoms. The number of rotatable bonds is 5. The summed E-state index contributed by atoms with van der Waals surface area (Å²) in [6, 6.07) is 4.83. The quantitative estimate of drug-likeness (QED) is 0.886. The number of amides is 1. The average Bonchev–Trinajstić information content (AvgIpc) is 2.75. The maximum Gasteiger partial charge on any atom is 0.220 e. The van der Waals surface area contributed by atoms with Crippen LogP contribution in [0.5, 0.6) is 0 Å². The van der Waals surface area contributed by atoms with Gasteiger partial charge in [-0.05, 0) is 30.0 Å². The zero-order valence-electron chi connectivity index (χ0n) is 12.8. The van der Waals surface area contributed by atoms with Crippen LogP contribution in [0.1, 0.15) is 18.4 Å². The summed E-state index contributed by atoms with van der Waals surface area (Å²) in [6.07, 6.45) is 0.749. The first-order valence-corrected chi connectivity index (χ1v) is 9.02. The largest absolute Gasteiger partial charge is 0.375 e. The minimum absolute atomic E-state index is 0.0899. The summed E-state index contributed by atoms with van der Waals surface area (Å²) in [5, 5.41) is 2.72. The minimum Gasteiger partial charge on any atom is -0.375 e. The van der Waals surface area contributed by atoms with Gasteiger partial charge >= 0.3 is 0 Å². The Hall–Kier alpha value is -1.63. The summed E-state index contributed by atoms with van der Waals surface area (Å²) >= 11 is 0. The van der Waals surface area contributed by atoms with E-state index in [0.29, 0.717) is 17.7 Å². The van der Waals surface area contributed by atoms with Crippen molar-refractivity contribution in [3.05, 3.63) is 29.6 Å². The summed E-state index contributed by atoms with van der Waals surface area (Å²) in [4.78, 5) is 13.5. The number of anilines is 1. The lowest BCUT2D eigenvalue weighted by molar-refractivity contribution is -0.122. The topological polar surface area (TPSA) is 66.5 Å². The van der Waals surface area contributed by atoms with Crippen LogP contribution in [-0.4, -0.2) is 39.9 Å². The predicted octanol–water partition coefficient (Wildman–Crippen LogP) is 1.33. The number of hydrogen-bond acceptors (Lipinski definition) is 4. The van der Waals surface area contributed by atoms with Crippen molar-refractivity contribution in [1.82, 2.24) is 5.32 Å². The van der Waals surface area contributed by atoms with Gasteiger partial charge in [0.25, 0.3) is 0 Å². The molecule has 1 amide bonds. The second kappa shape index (κ2) is 6.64. The maximum absolute atomic E-state index is 13.8. The van der Waals surface area contributed by atoms with Crippen LogP contribution in [0.2, 0.25) is 0 Å². The molecule has 22 heavy (non-hydrogen) atoms. The van der Waals surface area contributed by atoms with Crippen molar-refractivity contribution in [2.24, 2.45) is 5.92 Å². The molecule has 0 spiro atoms. The Morgan fingerprint density at radius 1 is 1.41 bits per heavy atom. The summed E-state index contributed by atoms with van der Waals surface area (Å²) in [5.41, 5.74) is 1.17. The Kier molecular flexibility index (Phi) is 5.05. The Morgan fingerprint density at radius 3 is 2.68 bits per heavy atom. The van der Waals surface area contributed by atoms with Crippen LogP contribution in [0.15, 0.2) is 18.2 Å². The number of sulfone groups is 1. The molecule has 1 saturated heterocycles. The normalized spacial score (nSPS) is 19.9. The van der Waals surface area contributed by atoms with Gasteiger partial charge in [-0.1, -0.05) is 6.07 Å². The first-order valence-electron chi connectivity index (χ1n) is 7.20. The van der Waals surface area contributed by atoms with Gasteiger partial charge in [-0.15, -0.1) is 0 Å². The van der Waals surface area contributed by atoms with Crippen LogP contribution in [0.4, 0.5) is 10.1 Å². The Bertz CT molecular complexity index is 659. The molecule has 1 aromatic rings. The summed E-state index contributed by atoms with van der Waals surface area (Å²) in [6.45, 7) is 0.239. The van der Waals surface area contributed by atoms with Gasteiger partial charge in [0, 0.05) is 27.1 Å². The van der Waals surface area contributed by atoms with Gasteiger partial charge in [-0.2, -0.15) is 0 Å². The predicted molar refractivity (Wildman–Crippen MR) is 84.0 cm³/mol. The summed E-state index contributed by atoms with van der Waals surface area (Å²) < 4.78 is 36.5. The number of benzene rings is 1. The first kappa shape index (κ1) is 16.7. The van der Waals surface area contributed by atoms with Crippen LogP contribution >= 0.6 is 0 Å². The third-order valence-electron chi connectivity index (χ3n) is 3.78. The highest BCUT2D eigenvalue weighted by molar-refractivity contribution is 7.91.